The number of ether oxygens (including phenoxy) is 1. The van der Waals surface area contributed by atoms with Gasteiger partial charge in [-0.25, -0.2) is 14.2 Å². The number of hydrogen-bond acceptors (Lipinski definition) is 8. The Morgan fingerprint density at radius 1 is 1.02 bits per heavy atom. The molecular formula is C40H43FN10O4. The number of likely N-dealkylation sites (tertiary alicyclic amines) is 1. The molecule has 2 aliphatic heterocycles. The molecule has 284 valence electrons. The SMILES string of the molecule is COc1cc2nn(C3CCC(CCN4CCC(n5ccc6c(N7CCC(=O)NC7=O)c(F)ccc65)CC4)CC3)cc2cc1C(=O)Nc1cnc2cccnn12. The zero-order valence-corrected chi connectivity index (χ0v) is 30.7. The number of aromatic nitrogens is 6. The first kappa shape index (κ1) is 34.9. The normalized spacial score (nSPS) is 20.1. The zero-order valence-electron chi connectivity index (χ0n) is 30.7. The Bertz CT molecular complexity index is 2420. The molecule has 14 nitrogen and oxygen atoms in total. The van der Waals surface area contributed by atoms with E-state index >= 15 is 4.39 Å². The van der Waals surface area contributed by atoms with Crippen molar-refractivity contribution >= 4 is 56.8 Å². The molecule has 2 N–H and O–H groups in total. The van der Waals surface area contributed by atoms with Gasteiger partial charge in [-0.15, -0.1) is 0 Å². The van der Waals surface area contributed by atoms with Crippen molar-refractivity contribution in [3.05, 3.63) is 78.6 Å². The van der Waals surface area contributed by atoms with Crippen LogP contribution in [-0.4, -0.2) is 85.0 Å². The molecule has 0 radical (unpaired) electrons. The Kier molecular flexibility index (Phi) is 9.16. The van der Waals surface area contributed by atoms with Crippen molar-refractivity contribution in [2.75, 3.05) is 43.5 Å². The number of amides is 4. The van der Waals surface area contributed by atoms with Crippen molar-refractivity contribution in [1.82, 2.24) is 39.2 Å². The molecule has 55 heavy (non-hydrogen) atoms. The number of nitrogens with one attached hydrogen (secondary N) is 2. The number of methoxy groups -OCH3 is 1. The second-order valence-corrected chi connectivity index (χ2v) is 15.0. The quantitative estimate of drug-likeness (QED) is 0.175. The molecule has 1 saturated carbocycles. The molecule has 0 spiro atoms. The molecule has 0 unspecified atom stereocenters. The predicted octanol–water partition coefficient (Wildman–Crippen LogP) is 6.34. The second-order valence-electron chi connectivity index (χ2n) is 15.0. The smallest absolute Gasteiger partial charge is 0.328 e. The molecule has 3 aliphatic rings. The van der Waals surface area contributed by atoms with E-state index in [1.807, 2.05) is 36.7 Å². The Balaban J connectivity index is 0.782. The number of imidazole rings is 1. The number of carbonyl (C=O) groups excluding carboxylic acids is 3. The number of urea groups is 1. The van der Waals surface area contributed by atoms with E-state index in [0.29, 0.717) is 46.2 Å². The largest absolute Gasteiger partial charge is 0.496 e. The number of piperidine rings is 1. The Morgan fingerprint density at radius 3 is 2.65 bits per heavy atom. The molecule has 15 heteroatoms. The van der Waals surface area contributed by atoms with Gasteiger partial charge in [0.25, 0.3) is 5.91 Å². The van der Waals surface area contributed by atoms with Crippen LogP contribution in [0.15, 0.2) is 67.3 Å². The number of hydrogen-bond donors (Lipinski definition) is 2. The van der Waals surface area contributed by atoms with E-state index < -0.39 is 11.8 Å². The molecule has 6 heterocycles. The highest BCUT2D eigenvalue weighted by molar-refractivity contribution is 6.10. The van der Waals surface area contributed by atoms with Gasteiger partial charge in [0.15, 0.2) is 11.5 Å². The molecule has 1 aliphatic carbocycles. The minimum absolute atomic E-state index is 0.148. The maximum absolute atomic E-state index is 15.1. The lowest BCUT2D eigenvalue weighted by molar-refractivity contribution is -0.120. The monoisotopic (exact) mass is 746 g/mol. The molecule has 9 rings (SSSR count). The first-order valence-electron chi connectivity index (χ1n) is 19.1. The average Bonchev–Trinajstić information content (AvgIpc) is 3.94. The Morgan fingerprint density at radius 2 is 1.85 bits per heavy atom. The van der Waals surface area contributed by atoms with Gasteiger partial charge in [-0.2, -0.15) is 14.7 Å². The van der Waals surface area contributed by atoms with Crippen molar-refractivity contribution in [3.63, 3.8) is 0 Å². The Hall–Kier alpha value is -5.83. The first-order chi connectivity index (χ1) is 26.8. The number of nitrogens with zero attached hydrogens (tertiary/aromatic N) is 8. The van der Waals surface area contributed by atoms with Crippen LogP contribution in [0.25, 0.3) is 27.5 Å². The van der Waals surface area contributed by atoms with Gasteiger partial charge in [0.05, 0.1) is 41.6 Å². The van der Waals surface area contributed by atoms with Gasteiger partial charge in [0, 0.05) is 67.5 Å². The van der Waals surface area contributed by atoms with Crippen molar-refractivity contribution in [2.24, 2.45) is 5.92 Å². The molecular weight excluding hydrogens is 704 g/mol. The zero-order chi connectivity index (χ0) is 37.6. The van der Waals surface area contributed by atoms with Crippen molar-refractivity contribution in [1.29, 1.82) is 0 Å². The van der Waals surface area contributed by atoms with Crippen molar-refractivity contribution in [3.8, 4) is 5.75 Å². The van der Waals surface area contributed by atoms with E-state index in [9.17, 15) is 14.4 Å². The van der Waals surface area contributed by atoms with Gasteiger partial charge in [0.1, 0.15) is 11.6 Å². The molecule has 4 aromatic heterocycles. The summed E-state index contributed by atoms with van der Waals surface area (Å²) in [6.45, 7) is 3.25. The highest BCUT2D eigenvalue weighted by Gasteiger charge is 2.30. The number of carbonyl (C=O) groups is 3. The topological polar surface area (TPSA) is 144 Å². The van der Waals surface area contributed by atoms with Crippen LogP contribution in [0.3, 0.4) is 0 Å². The van der Waals surface area contributed by atoms with Crippen LogP contribution in [0.2, 0.25) is 0 Å². The lowest BCUT2D eigenvalue weighted by atomic mass is 9.84. The minimum atomic E-state index is -0.579. The van der Waals surface area contributed by atoms with Crippen LogP contribution in [0.4, 0.5) is 20.7 Å². The molecule has 6 aromatic rings. The van der Waals surface area contributed by atoms with Gasteiger partial charge in [0.2, 0.25) is 5.91 Å². The number of fused-ring (bicyclic) bond motifs is 3. The standard InChI is InChI=1S/C40H43FN10O4/c1-55-34-22-32-26(21-30(34)39(53)44-36-23-42-35-3-2-15-43-51(35)36)24-50(46-32)28-6-4-25(5-7-28)10-16-47-17-11-27(12-18-47)48-19-13-29-33(48)9-8-31(41)38(29)49-20-14-37(52)45-40(49)54/h2-3,8-9,13,15,19,21-25,27-28H,4-7,10-12,14,16-18,20H2,1H3,(H,44,53)(H,45,52,54). The summed E-state index contributed by atoms with van der Waals surface area (Å²) in [5, 5.41) is 16.0. The first-order valence-corrected chi connectivity index (χ1v) is 19.1. The van der Waals surface area contributed by atoms with Crippen LogP contribution >= 0.6 is 0 Å². The third-order valence-corrected chi connectivity index (χ3v) is 11.8. The van der Waals surface area contributed by atoms with Crippen LogP contribution in [0.1, 0.15) is 73.8 Å². The number of anilines is 2. The summed E-state index contributed by atoms with van der Waals surface area (Å²) < 4.78 is 26.6. The summed E-state index contributed by atoms with van der Waals surface area (Å²) in [5.41, 5.74) is 3.00. The van der Waals surface area contributed by atoms with Gasteiger partial charge in [-0.1, -0.05) is 0 Å². The van der Waals surface area contributed by atoms with Crippen LogP contribution in [0, 0.1) is 11.7 Å². The summed E-state index contributed by atoms with van der Waals surface area (Å²) in [4.78, 5) is 45.8. The van der Waals surface area contributed by atoms with Gasteiger partial charge < -0.3 is 19.5 Å². The summed E-state index contributed by atoms with van der Waals surface area (Å²) >= 11 is 0. The van der Waals surface area contributed by atoms with E-state index in [4.69, 9.17) is 9.84 Å². The number of benzene rings is 2. The lowest BCUT2D eigenvalue weighted by Gasteiger charge is -2.35. The van der Waals surface area contributed by atoms with Gasteiger partial charge in [-0.05, 0) is 93.8 Å². The minimum Gasteiger partial charge on any atom is -0.496 e. The van der Waals surface area contributed by atoms with Crippen LogP contribution in [-0.2, 0) is 4.79 Å². The average molecular weight is 747 g/mol. The third kappa shape index (κ3) is 6.66. The van der Waals surface area contributed by atoms with Gasteiger partial charge in [-0.3, -0.25) is 24.5 Å². The highest BCUT2D eigenvalue weighted by atomic mass is 19.1. The fourth-order valence-electron chi connectivity index (χ4n) is 8.75. The molecule has 2 saturated heterocycles. The molecule has 3 fully saturated rings. The maximum atomic E-state index is 15.1. The summed E-state index contributed by atoms with van der Waals surface area (Å²) in [6, 6.07) is 12.4. The summed E-state index contributed by atoms with van der Waals surface area (Å²) in [6.07, 6.45) is 15.0. The molecule has 0 atom stereocenters. The number of halogens is 1. The summed E-state index contributed by atoms with van der Waals surface area (Å²) in [5.74, 6) is 0.497. The fraction of sp³-hybridized carbons (Fsp3) is 0.400. The molecule has 0 bridgehead atoms. The number of imide groups is 1. The molecule has 2 aromatic carbocycles. The summed E-state index contributed by atoms with van der Waals surface area (Å²) in [7, 11) is 1.56. The van der Waals surface area contributed by atoms with Crippen molar-refractivity contribution < 1.29 is 23.5 Å². The van der Waals surface area contributed by atoms with E-state index in [1.54, 1.807) is 36.2 Å². The van der Waals surface area contributed by atoms with E-state index in [0.717, 1.165) is 74.6 Å². The van der Waals surface area contributed by atoms with E-state index in [1.165, 1.54) is 17.4 Å². The fourth-order valence-corrected chi connectivity index (χ4v) is 8.75. The predicted molar refractivity (Wildman–Crippen MR) is 205 cm³/mol. The number of rotatable bonds is 9. The van der Waals surface area contributed by atoms with Crippen LogP contribution in [0.5, 0.6) is 5.75 Å². The van der Waals surface area contributed by atoms with Crippen LogP contribution < -0.4 is 20.3 Å². The van der Waals surface area contributed by atoms with Gasteiger partial charge >= 0.3 is 6.03 Å². The lowest BCUT2D eigenvalue weighted by Crippen LogP contribution is -2.50. The Labute approximate surface area is 316 Å². The second kappa shape index (κ2) is 14.4. The van der Waals surface area contributed by atoms with E-state index in [-0.39, 0.29) is 30.5 Å². The van der Waals surface area contributed by atoms with E-state index in [2.05, 4.69) is 34.9 Å². The maximum Gasteiger partial charge on any atom is 0.328 e. The third-order valence-electron chi connectivity index (χ3n) is 11.8. The van der Waals surface area contributed by atoms with Crippen molar-refractivity contribution in [2.45, 2.75) is 63.5 Å². The molecule has 4 amide bonds. The highest BCUT2D eigenvalue weighted by Crippen LogP contribution is 2.38.